The highest BCUT2D eigenvalue weighted by atomic mass is 32.1. The second-order valence-electron chi connectivity index (χ2n) is 6.19. The fourth-order valence-corrected chi connectivity index (χ4v) is 3.57. The van der Waals surface area contributed by atoms with E-state index in [9.17, 15) is 14.7 Å². The SMILES string of the molecule is CC1(C)CCCCC1NC(=O)NC(C(=O)O)c1cccs1. The molecule has 1 saturated carbocycles. The Morgan fingerprint density at radius 3 is 2.76 bits per heavy atom. The Kier molecular flexibility index (Phi) is 4.88. The molecule has 1 aliphatic carbocycles. The maximum Gasteiger partial charge on any atom is 0.331 e. The molecule has 1 heterocycles. The molecule has 2 unspecified atom stereocenters. The minimum atomic E-state index is -1.05. The van der Waals surface area contributed by atoms with Crippen LogP contribution in [-0.4, -0.2) is 23.1 Å². The van der Waals surface area contributed by atoms with Gasteiger partial charge in [-0.25, -0.2) is 9.59 Å². The Bertz CT molecular complexity index is 499. The Labute approximate surface area is 128 Å². The molecule has 21 heavy (non-hydrogen) atoms. The number of carboxylic acid groups (broad SMARTS) is 1. The van der Waals surface area contributed by atoms with Crippen LogP contribution in [0.1, 0.15) is 50.4 Å². The van der Waals surface area contributed by atoms with Gasteiger partial charge >= 0.3 is 12.0 Å². The predicted molar refractivity (Wildman–Crippen MR) is 82.4 cm³/mol. The van der Waals surface area contributed by atoms with Gasteiger partial charge in [-0.2, -0.15) is 0 Å². The number of carboxylic acids is 1. The van der Waals surface area contributed by atoms with Crippen molar-refractivity contribution in [1.82, 2.24) is 10.6 Å². The van der Waals surface area contributed by atoms with E-state index < -0.39 is 18.0 Å². The first kappa shape index (κ1) is 15.8. The fourth-order valence-electron chi connectivity index (χ4n) is 2.80. The van der Waals surface area contributed by atoms with Crippen LogP contribution in [0.25, 0.3) is 0 Å². The molecule has 2 amide bonds. The lowest BCUT2D eigenvalue weighted by molar-refractivity contribution is -0.139. The summed E-state index contributed by atoms with van der Waals surface area (Å²) in [7, 11) is 0. The van der Waals surface area contributed by atoms with Gasteiger partial charge in [-0.15, -0.1) is 11.3 Å². The van der Waals surface area contributed by atoms with Crippen LogP contribution in [-0.2, 0) is 4.79 Å². The topological polar surface area (TPSA) is 78.4 Å². The number of thiophene rings is 1. The Balaban J connectivity index is 1.98. The highest BCUT2D eigenvalue weighted by Crippen LogP contribution is 2.35. The summed E-state index contributed by atoms with van der Waals surface area (Å²) < 4.78 is 0. The molecule has 1 aromatic heterocycles. The number of urea groups is 1. The molecular formula is C15H22N2O3S. The van der Waals surface area contributed by atoms with Crippen molar-refractivity contribution in [3.63, 3.8) is 0 Å². The molecule has 116 valence electrons. The molecule has 5 nitrogen and oxygen atoms in total. The quantitative estimate of drug-likeness (QED) is 0.799. The number of aliphatic carboxylic acids is 1. The Morgan fingerprint density at radius 1 is 1.43 bits per heavy atom. The number of rotatable bonds is 4. The molecule has 0 bridgehead atoms. The molecule has 0 aliphatic heterocycles. The average molecular weight is 310 g/mol. The first-order valence-electron chi connectivity index (χ1n) is 7.23. The van der Waals surface area contributed by atoms with Crippen LogP contribution in [0, 0.1) is 5.41 Å². The molecule has 1 aromatic rings. The lowest BCUT2D eigenvalue weighted by atomic mass is 9.73. The largest absolute Gasteiger partial charge is 0.479 e. The van der Waals surface area contributed by atoms with Crippen molar-refractivity contribution in [1.29, 1.82) is 0 Å². The molecular weight excluding hydrogens is 288 g/mol. The van der Waals surface area contributed by atoms with Crippen LogP contribution in [0.5, 0.6) is 0 Å². The summed E-state index contributed by atoms with van der Waals surface area (Å²) in [5, 5.41) is 16.6. The smallest absolute Gasteiger partial charge is 0.331 e. The van der Waals surface area contributed by atoms with Gasteiger partial charge in [0.1, 0.15) is 0 Å². The van der Waals surface area contributed by atoms with Crippen molar-refractivity contribution < 1.29 is 14.7 Å². The zero-order chi connectivity index (χ0) is 15.5. The Hall–Kier alpha value is -1.56. The third kappa shape index (κ3) is 3.97. The zero-order valence-corrected chi connectivity index (χ0v) is 13.2. The van der Waals surface area contributed by atoms with Gasteiger partial charge in [0.05, 0.1) is 0 Å². The van der Waals surface area contributed by atoms with Gasteiger partial charge in [0, 0.05) is 10.9 Å². The summed E-state index contributed by atoms with van der Waals surface area (Å²) in [6, 6.07) is 2.19. The van der Waals surface area contributed by atoms with Crippen molar-refractivity contribution in [2.24, 2.45) is 5.41 Å². The normalized spacial score (nSPS) is 22.3. The number of carbonyl (C=O) groups excluding carboxylic acids is 1. The van der Waals surface area contributed by atoms with Crippen LogP contribution < -0.4 is 10.6 Å². The van der Waals surface area contributed by atoms with Gasteiger partial charge in [-0.1, -0.05) is 32.8 Å². The van der Waals surface area contributed by atoms with Crippen molar-refractivity contribution in [3.8, 4) is 0 Å². The molecule has 6 heteroatoms. The van der Waals surface area contributed by atoms with Gasteiger partial charge in [0.2, 0.25) is 0 Å². The van der Waals surface area contributed by atoms with E-state index in [-0.39, 0.29) is 11.5 Å². The number of amides is 2. The standard InChI is InChI=1S/C15H22N2O3S/c1-15(2)8-4-3-7-11(15)16-14(20)17-12(13(18)19)10-6-5-9-21-10/h5-6,9,11-12H,3-4,7-8H2,1-2H3,(H,18,19)(H2,16,17,20). The number of nitrogens with one attached hydrogen (secondary N) is 2. The van der Waals surface area contributed by atoms with Crippen LogP contribution in [0.3, 0.4) is 0 Å². The molecule has 0 aromatic carbocycles. The van der Waals surface area contributed by atoms with Crippen molar-refractivity contribution in [2.75, 3.05) is 0 Å². The summed E-state index contributed by atoms with van der Waals surface area (Å²) in [6.45, 7) is 4.29. The average Bonchev–Trinajstić information content (AvgIpc) is 2.91. The first-order valence-corrected chi connectivity index (χ1v) is 8.11. The number of carbonyl (C=O) groups is 2. The van der Waals surface area contributed by atoms with Crippen LogP contribution >= 0.6 is 11.3 Å². The third-order valence-corrected chi connectivity index (χ3v) is 5.10. The van der Waals surface area contributed by atoms with E-state index in [2.05, 4.69) is 24.5 Å². The van der Waals surface area contributed by atoms with E-state index in [1.165, 1.54) is 17.8 Å². The molecule has 0 spiro atoms. The van der Waals surface area contributed by atoms with Crippen LogP contribution in [0.4, 0.5) is 4.79 Å². The van der Waals surface area contributed by atoms with Gasteiger partial charge in [-0.05, 0) is 29.7 Å². The van der Waals surface area contributed by atoms with Gasteiger partial charge < -0.3 is 15.7 Å². The fraction of sp³-hybridized carbons (Fsp3) is 0.600. The van der Waals surface area contributed by atoms with E-state index in [4.69, 9.17) is 0 Å². The van der Waals surface area contributed by atoms with Gasteiger partial charge in [-0.3, -0.25) is 0 Å². The lowest BCUT2D eigenvalue weighted by Gasteiger charge is -2.39. The summed E-state index contributed by atoms with van der Waals surface area (Å²) in [5.41, 5.74) is 0.0528. The monoisotopic (exact) mass is 310 g/mol. The number of hydrogen-bond acceptors (Lipinski definition) is 3. The first-order chi connectivity index (χ1) is 9.90. The summed E-state index contributed by atoms with van der Waals surface area (Å²) in [5.74, 6) is -1.05. The van der Waals surface area contributed by atoms with Crippen molar-refractivity contribution in [3.05, 3.63) is 22.4 Å². The minimum absolute atomic E-state index is 0.0528. The minimum Gasteiger partial charge on any atom is -0.479 e. The molecule has 2 rings (SSSR count). The molecule has 3 N–H and O–H groups in total. The maximum atomic E-state index is 12.1. The van der Waals surface area contributed by atoms with Gasteiger partial charge in [0.25, 0.3) is 0 Å². The Morgan fingerprint density at radius 2 is 2.19 bits per heavy atom. The van der Waals surface area contributed by atoms with Crippen molar-refractivity contribution >= 4 is 23.3 Å². The van der Waals surface area contributed by atoms with E-state index in [1.807, 2.05) is 0 Å². The maximum absolute atomic E-state index is 12.1. The summed E-state index contributed by atoms with van der Waals surface area (Å²) >= 11 is 1.32. The second-order valence-corrected chi connectivity index (χ2v) is 7.17. The highest BCUT2D eigenvalue weighted by Gasteiger charge is 2.34. The van der Waals surface area contributed by atoms with Crippen LogP contribution in [0.2, 0.25) is 0 Å². The van der Waals surface area contributed by atoms with Crippen molar-refractivity contribution in [2.45, 2.75) is 51.6 Å². The lowest BCUT2D eigenvalue weighted by Crippen LogP contribution is -2.51. The molecule has 0 radical (unpaired) electrons. The molecule has 2 atom stereocenters. The van der Waals surface area contributed by atoms with E-state index in [1.54, 1.807) is 17.5 Å². The third-order valence-electron chi connectivity index (χ3n) is 4.16. The molecule has 0 saturated heterocycles. The van der Waals surface area contributed by atoms with Gasteiger partial charge in [0.15, 0.2) is 6.04 Å². The summed E-state index contributed by atoms with van der Waals surface area (Å²) in [4.78, 5) is 24.1. The second kappa shape index (κ2) is 6.47. The highest BCUT2D eigenvalue weighted by molar-refractivity contribution is 7.10. The van der Waals surface area contributed by atoms with E-state index in [0.717, 1.165) is 19.3 Å². The zero-order valence-electron chi connectivity index (χ0n) is 12.4. The van der Waals surface area contributed by atoms with E-state index >= 15 is 0 Å². The molecule has 1 fully saturated rings. The molecule has 1 aliphatic rings. The van der Waals surface area contributed by atoms with Crippen LogP contribution in [0.15, 0.2) is 17.5 Å². The number of hydrogen-bond donors (Lipinski definition) is 3. The predicted octanol–water partition coefficient (Wildman–Crippen LogP) is 3.14. The van der Waals surface area contributed by atoms with E-state index in [0.29, 0.717) is 4.88 Å². The summed E-state index contributed by atoms with van der Waals surface area (Å²) in [6.07, 6.45) is 4.30.